The molecular weight excluding hydrogens is 317 g/mol. The molecule has 0 fully saturated rings. The molecular formula is C11H11F3O3STi. The molecule has 3 nitrogen and oxygen atoms in total. The van der Waals surface area contributed by atoms with Gasteiger partial charge in [0.05, 0.1) is 0 Å². The van der Waals surface area contributed by atoms with E-state index >= 15 is 0 Å². The first-order valence-electron chi connectivity index (χ1n) is 4.72. The van der Waals surface area contributed by atoms with E-state index in [1.54, 1.807) is 0 Å². The van der Waals surface area contributed by atoms with Crippen LogP contribution in [0.4, 0.5) is 13.2 Å². The Morgan fingerprint density at radius 2 is 1.32 bits per heavy atom. The maximum atomic E-state index is 10.7. The van der Waals surface area contributed by atoms with Gasteiger partial charge in [0.15, 0.2) is 0 Å². The van der Waals surface area contributed by atoms with Crippen LogP contribution in [0.3, 0.4) is 0 Å². The van der Waals surface area contributed by atoms with Gasteiger partial charge in [-0.2, -0.15) is 33.7 Å². The number of rotatable bonds is 0. The van der Waals surface area contributed by atoms with Crippen molar-refractivity contribution in [2.24, 2.45) is 0 Å². The SMILES string of the molecule is O=S(=O)(O)C(F)(F)F.[C-]1=CC=CC1.[C-]1=CC=CC1.[Ti+2]. The second-order valence-corrected chi connectivity index (χ2v) is 4.34. The smallest absolute Gasteiger partial charge is 0.279 e. The third-order valence-electron chi connectivity index (χ3n) is 1.46. The molecule has 0 radical (unpaired) electrons. The van der Waals surface area contributed by atoms with Gasteiger partial charge in [-0.3, -0.25) is 16.7 Å². The monoisotopic (exact) mass is 328 g/mol. The summed E-state index contributed by atoms with van der Waals surface area (Å²) in [6, 6.07) is 0. The number of hydrogen-bond acceptors (Lipinski definition) is 2. The van der Waals surface area contributed by atoms with Crippen LogP contribution in [-0.4, -0.2) is 18.5 Å². The van der Waals surface area contributed by atoms with Crippen molar-refractivity contribution >= 4 is 10.1 Å². The van der Waals surface area contributed by atoms with Crippen LogP contribution in [0.5, 0.6) is 0 Å². The predicted octanol–water partition coefficient (Wildman–Crippen LogP) is 3.00. The molecule has 0 aromatic rings. The predicted molar refractivity (Wildman–Crippen MR) is 60.7 cm³/mol. The van der Waals surface area contributed by atoms with Crippen LogP contribution in [0.15, 0.2) is 36.5 Å². The van der Waals surface area contributed by atoms with E-state index in [1.807, 2.05) is 24.3 Å². The molecule has 0 saturated carbocycles. The fourth-order valence-electron chi connectivity index (χ4n) is 0.680. The second-order valence-electron chi connectivity index (χ2n) is 2.93. The molecule has 0 saturated heterocycles. The van der Waals surface area contributed by atoms with Crippen molar-refractivity contribution in [2.45, 2.75) is 18.3 Å². The molecule has 0 unspecified atom stereocenters. The molecule has 0 aliphatic heterocycles. The van der Waals surface area contributed by atoms with E-state index < -0.39 is 15.6 Å². The summed E-state index contributed by atoms with van der Waals surface area (Å²) >= 11 is 0. The van der Waals surface area contributed by atoms with Crippen molar-refractivity contribution < 1.29 is 47.9 Å². The zero-order valence-electron chi connectivity index (χ0n) is 9.68. The van der Waals surface area contributed by atoms with Gasteiger partial charge in [-0.1, -0.05) is 0 Å². The molecule has 0 aromatic heterocycles. The molecule has 0 spiro atoms. The molecule has 0 heterocycles. The zero-order chi connectivity index (χ0) is 14.1. The number of halogens is 3. The third kappa shape index (κ3) is 12.2. The topological polar surface area (TPSA) is 54.4 Å². The van der Waals surface area contributed by atoms with Gasteiger partial charge in [0, 0.05) is 0 Å². The van der Waals surface area contributed by atoms with Gasteiger partial charge in [0.25, 0.3) is 0 Å². The van der Waals surface area contributed by atoms with Gasteiger partial charge in [0.2, 0.25) is 0 Å². The number of allylic oxidation sites excluding steroid dienone is 8. The minimum absolute atomic E-state index is 0. The summed E-state index contributed by atoms with van der Waals surface area (Å²) in [5.41, 5.74) is -5.53. The molecule has 0 amide bonds. The molecule has 1 N–H and O–H groups in total. The van der Waals surface area contributed by atoms with E-state index in [4.69, 9.17) is 13.0 Å². The average molecular weight is 328 g/mol. The Morgan fingerprint density at radius 1 is 1.00 bits per heavy atom. The summed E-state index contributed by atoms with van der Waals surface area (Å²) in [7, 11) is -5.84. The first-order chi connectivity index (χ1) is 8.25. The van der Waals surface area contributed by atoms with E-state index in [-0.39, 0.29) is 21.7 Å². The van der Waals surface area contributed by atoms with Crippen LogP contribution in [0.25, 0.3) is 0 Å². The molecule has 2 rings (SSSR count). The van der Waals surface area contributed by atoms with Crippen molar-refractivity contribution in [3.8, 4) is 0 Å². The first kappa shape index (κ1) is 20.7. The van der Waals surface area contributed by atoms with Gasteiger partial charge < -0.3 is 0 Å². The van der Waals surface area contributed by atoms with E-state index in [1.165, 1.54) is 0 Å². The Kier molecular flexibility index (Phi) is 11.1. The summed E-state index contributed by atoms with van der Waals surface area (Å²) in [4.78, 5) is 0. The molecule has 19 heavy (non-hydrogen) atoms. The molecule has 2 aliphatic carbocycles. The quantitative estimate of drug-likeness (QED) is 0.322. The van der Waals surface area contributed by atoms with Gasteiger partial charge in [-0.15, -0.1) is 12.8 Å². The summed E-state index contributed by atoms with van der Waals surface area (Å²) < 4.78 is 57.5. The average Bonchev–Trinajstić information content (AvgIpc) is 2.95. The summed E-state index contributed by atoms with van der Waals surface area (Å²) in [6.45, 7) is 0. The molecule has 104 valence electrons. The molecule has 0 atom stereocenters. The van der Waals surface area contributed by atoms with Crippen molar-refractivity contribution in [1.29, 1.82) is 0 Å². The van der Waals surface area contributed by atoms with Crippen LogP contribution < -0.4 is 0 Å². The summed E-state index contributed by atoms with van der Waals surface area (Å²) in [5.74, 6) is 0. The molecule has 0 bridgehead atoms. The Balaban J connectivity index is 0. The largest absolute Gasteiger partial charge is 2.00 e. The zero-order valence-corrected chi connectivity index (χ0v) is 12.1. The van der Waals surface area contributed by atoms with Crippen molar-refractivity contribution in [1.82, 2.24) is 0 Å². The minimum Gasteiger partial charge on any atom is -0.279 e. The molecule has 0 aromatic carbocycles. The standard InChI is InChI=1S/2C5H5.CHF3O3S.Ti/c2*1-2-4-5-3-1;2-1(3,4)8(5,6)7;/h2*1-3H,4H2;(H,5,6,7);/q2*-1;;+2. The minimum atomic E-state index is -5.84. The van der Waals surface area contributed by atoms with Gasteiger partial charge in [-0.25, -0.2) is 24.3 Å². The Bertz CT molecular complexity index is 406. The number of hydrogen-bond donors (Lipinski definition) is 1. The van der Waals surface area contributed by atoms with Crippen LogP contribution >= 0.6 is 0 Å². The van der Waals surface area contributed by atoms with Crippen LogP contribution in [0, 0.1) is 12.2 Å². The number of alkyl halides is 3. The second kappa shape index (κ2) is 10.2. The summed E-state index contributed by atoms with van der Waals surface area (Å²) in [5, 5.41) is 0. The molecule has 8 heteroatoms. The Labute approximate surface area is 125 Å². The van der Waals surface area contributed by atoms with Gasteiger partial charge in [0.1, 0.15) is 0 Å². The normalized spacial score (nSPS) is 15.2. The van der Waals surface area contributed by atoms with E-state index in [0.29, 0.717) is 0 Å². The third-order valence-corrected chi connectivity index (χ3v) is 2.05. The Hall–Kier alpha value is -0.626. The van der Waals surface area contributed by atoms with E-state index in [2.05, 4.69) is 24.3 Å². The van der Waals surface area contributed by atoms with Crippen molar-refractivity contribution in [2.75, 3.05) is 0 Å². The van der Waals surface area contributed by atoms with Crippen LogP contribution in [0.2, 0.25) is 0 Å². The van der Waals surface area contributed by atoms with Crippen LogP contribution in [0.1, 0.15) is 12.8 Å². The first-order valence-corrected chi connectivity index (χ1v) is 6.16. The van der Waals surface area contributed by atoms with Gasteiger partial charge in [-0.05, 0) is 0 Å². The fraction of sp³-hybridized carbons (Fsp3) is 0.273. The van der Waals surface area contributed by atoms with E-state index in [9.17, 15) is 13.2 Å². The van der Waals surface area contributed by atoms with Crippen LogP contribution in [-0.2, 0) is 31.8 Å². The van der Waals surface area contributed by atoms with Crippen molar-refractivity contribution in [3.63, 3.8) is 0 Å². The van der Waals surface area contributed by atoms with Gasteiger partial charge >= 0.3 is 37.3 Å². The maximum absolute atomic E-state index is 10.7. The Morgan fingerprint density at radius 3 is 1.37 bits per heavy atom. The fourth-order valence-corrected chi connectivity index (χ4v) is 0.680. The molecule has 2 aliphatic rings. The maximum Gasteiger partial charge on any atom is 2.00 e. The van der Waals surface area contributed by atoms with Crippen molar-refractivity contribution in [3.05, 3.63) is 48.6 Å². The van der Waals surface area contributed by atoms with E-state index in [0.717, 1.165) is 12.8 Å². The summed E-state index contributed by atoms with van der Waals surface area (Å²) in [6.07, 6.45) is 20.0.